The third-order valence-corrected chi connectivity index (χ3v) is 3.84. The van der Waals surface area contributed by atoms with E-state index in [-0.39, 0.29) is 11.9 Å². The van der Waals surface area contributed by atoms with Crippen LogP contribution in [0.15, 0.2) is 18.2 Å². The van der Waals surface area contributed by atoms with E-state index in [0.29, 0.717) is 12.0 Å². The normalized spacial score (nSPS) is 22.2. The van der Waals surface area contributed by atoms with Crippen LogP contribution in [0.4, 0.5) is 4.39 Å². The molecule has 1 aliphatic rings. The first-order valence-corrected chi connectivity index (χ1v) is 6.79. The summed E-state index contributed by atoms with van der Waals surface area (Å²) in [7, 11) is 1.61. The molecule has 1 aromatic carbocycles. The monoisotopic (exact) mass is 267 g/mol. The zero-order chi connectivity index (χ0) is 13.8. The molecule has 106 valence electrons. The van der Waals surface area contributed by atoms with Gasteiger partial charge in [-0.1, -0.05) is 0 Å². The predicted molar refractivity (Wildman–Crippen MR) is 72.9 cm³/mol. The van der Waals surface area contributed by atoms with Crippen LogP contribution in [0.5, 0.6) is 5.75 Å². The Hall–Kier alpha value is -1.13. The highest BCUT2D eigenvalue weighted by molar-refractivity contribution is 5.36. The Morgan fingerprint density at radius 3 is 2.84 bits per heavy atom. The molecule has 1 aliphatic heterocycles. The molecule has 0 saturated carbocycles. The number of methoxy groups -OCH3 is 1. The maximum atomic E-state index is 13.4. The minimum atomic E-state index is -0.235. The number of ether oxygens (including phenoxy) is 2. The Labute approximate surface area is 114 Å². The number of benzene rings is 1. The molecule has 2 rings (SSSR count). The topological polar surface area (TPSA) is 30.5 Å². The maximum Gasteiger partial charge on any atom is 0.123 e. The van der Waals surface area contributed by atoms with Crippen molar-refractivity contribution >= 4 is 0 Å². The summed E-state index contributed by atoms with van der Waals surface area (Å²) >= 11 is 0. The van der Waals surface area contributed by atoms with E-state index in [1.165, 1.54) is 12.1 Å². The molecule has 3 nitrogen and oxygen atoms in total. The van der Waals surface area contributed by atoms with Crippen molar-refractivity contribution in [3.63, 3.8) is 0 Å². The quantitative estimate of drug-likeness (QED) is 0.889. The molecular weight excluding hydrogens is 245 g/mol. The molecule has 0 spiro atoms. The summed E-state index contributed by atoms with van der Waals surface area (Å²) in [6.45, 7) is 5.83. The fraction of sp³-hybridized carbons (Fsp3) is 0.600. The first kappa shape index (κ1) is 14.3. The van der Waals surface area contributed by atoms with Gasteiger partial charge >= 0.3 is 0 Å². The molecule has 1 saturated heterocycles. The number of hydrogen-bond acceptors (Lipinski definition) is 3. The Kier molecular flexibility index (Phi) is 4.77. The third-order valence-electron chi connectivity index (χ3n) is 3.84. The van der Waals surface area contributed by atoms with Gasteiger partial charge < -0.3 is 14.8 Å². The predicted octanol–water partition coefficient (Wildman–Crippen LogP) is 2.91. The average Bonchev–Trinajstić information content (AvgIpc) is 2.92. The van der Waals surface area contributed by atoms with Crippen LogP contribution >= 0.6 is 0 Å². The highest BCUT2D eigenvalue weighted by Gasteiger charge is 2.24. The van der Waals surface area contributed by atoms with Crippen molar-refractivity contribution < 1.29 is 13.9 Å². The van der Waals surface area contributed by atoms with Crippen molar-refractivity contribution in [1.82, 2.24) is 5.32 Å². The summed E-state index contributed by atoms with van der Waals surface area (Å²) in [5.41, 5.74) is 0.855. The number of halogens is 1. The Morgan fingerprint density at radius 1 is 1.42 bits per heavy atom. The second-order valence-electron chi connectivity index (χ2n) is 5.19. The van der Waals surface area contributed by atoms with E-state index in [4.69, 9.17) is 9.47 Å². The molecule has 19 heavy (non-hydrogen) atoms. The lowest BCUT2D eigenvalue weighted by atomic mass is 9.98. The lowest BCUT2D eigenvalue weighted by molar-refractivity contribution is 0.177. The molecular formula is C15H22FNO2. The smallest absolute Gasteiger partial charge is 0.123 e. The van der Waals surface area contributed by atoms with Gasteiger partial charge in [-0.2, -0.15) is 0 Å². The largest absolute Gasteiger partial charge is 0.496 e. The van der Waals surface area contributed by atoms with Gasteiger partial charge in [0.2, 0.25) is 0 Å². The summed E-state index contributed by atoms with van der Waals surface area (Å²) < 4.78 is 24.1. The van der Waals surface area contributed by atoms with Gasteiger partial charge in [0.25, 0.3) is 0 Å². The van der Waals surface area contributed by atoms with Crippen LogP contribution in [0.3, 0.4) is 0 Å². The molecule has 1 aromatic rings. The van der Waals surface area contributed by atoms with E-state index in [1.807, 2.05) is 6.92 Å². The van der Waals surface area contributed by atoms with Gasteiger partial charge in [0, 0.05) is 24.3 Å². The van der Waals surface area contributed by atoms with Crippen LogP contribution in [0.25, 0.3) is 0 Å². The number of rotatable bonds is 5. The van der Waals surface area contributed by atoms with Crippen LogP contribution in [0, 0.1) is 11.7 Å². The van der Waals surface area contributed by atoms with E-state index in [1.54, 1.807) is 13.2 Å². The molecule has 1 heterocycles. The first-order valence-electron chi connectivity index (χ1n) is 6.79. The summed E-state index contributed by atoms with van der Waals surface area (Å²) in [5, 5.41) is 3.51. The first-order chi connectivity index (χ1) is 9.11. The lowest BCUT2D eigenvalue weighted by Gasteiger charge is -2.25. The Morgan fingerprint density at radius 2 is 2.21 bits per heavy atom. The second-order valence-corrected chi connectivity index (χ2v) is 5.19. The van der Waals surface area contributed by atoms with Gasteiger partial charge in [-0.3, -0.25) is 0 Å². The van der Waals surface area contributed by atoms with E-state index in [0.717, 1.165) is 30.9 Å². The van der Waals surface area contributed by atoms with E-state index < -0.39 is 0 Å². The number of nitrogens with one attached hydrogen (secondary N) is 1. The van der Waals surface area contributed by atoms with Crippen molar-refractivity contribution in [2.45, 2.75) is 32.4 Å². The van der Waals surface area contributed by atoms with Crippen molar-refractivity contribution in [2.24, 2.45) is 5.92 Å². The lowest BCUT2D eigenvalue weighted by Crippen LogP contribution is -2.35. The van der Waals surface area contributed by atoms with Crippen LogP contribution < -0.4 is 10.1 Å². The zero-order valence-corrected chi connectivity index (χ0v) is 11.8. The third kappa shape index (κ3) is 3.45. The maximum absolute atomic E-state index is 13.4. The van der Waals surface area contributed by atoms with Gasteiger partial charge in [0.05, 0.1) is 13.7 Å². The fourth-order valence-electron chi connectivity index (χ4n) is 2.61. The Bertz CT molecular complexity index is 419. The average molecular weight is 267 g/mol. The van der Waals surface area contributed by atoms with Gasteiger partial charge in [-0.05, 0) is 44.4 Å². The SMILES string of the molecule is COc1ccc(F)cc1C(C)NC(C)C1CCOC1. The minimum absolute atomic E-state index is 0.0428. The molecule has 3 unspecified atom stereocenters. The summed E-state index contributed by atoms with van der Waals surface area (Å²) in [6, 6.07) is 5.01. The second kappa shape index (κ2) is 6.35. The minimum Gasteiger partial charge on any atom is -0.496 e. The van der Waals surface area contributed by atoms with E-state index in [2.05, 4.69) is 12.2 Å². The zero-order valence-electron chi connectivity index (χ0n) is 11.8. The summed E-state index contributed by atoms with van der Waals surface area (Å²) in [6.07, 6.45) is 1.08. The van der Waals surface area contributed by atoms with Crippen molar-refractivity contribution in [2.75, 3.05) is 20.3 Å². The number of hydrogen-bond donors (Lipinski definition) is 1. The van der Waals surface area contributed by atoms with Gasteiger partial charge in [0.1, 0.15) is 11.6 Å². The van der Waals surface area contributed by atoms with Crippen LogP contribution in [-0.2, 0) is 4.74 Å². The molecule has 3 atom stereocenters. The molecule has 1 fully saturated rings. The molecule has 0 radical (unpaired) electrons. The van der Waals surface area contributed by atoms with Crippen molar-refractivity contribution in [1.29, 1.82) is 0 Å². The van der Waals surface area contributed by atoms with Crippen molar-refractivity contribution in [3.05, 3.63) is 29.6 Å². The summed E-state index contributed by atoms with van der Waals surface area (Å²) in [4.78, 5) is 0. The molecule has 1 N–H and O–H groups in total. The van der Waals surface area contributed by atoms with Crippen LogP contribution in [0.1, 0.15) is 31.9 Å². The van der Waals surface area contributed by atoms with Gasteiger partial charge in [-0.15, -0.1) is 0 Å². The fourth-order valence-corrected chi connectivity index (χ4v) is 2.61. The molecule has 0 amide bonds. The highest BCUT2D eigenvalue weighted by atomic mass is 19.1. The standard InChI is InChI=1S/C15H22FNO2/c1-10(12-6-7-19-9-12)17-11(2)14-8-13(16)4-5-15(14)18-3/h4-5,8,10-12,17H,6-7,9H2,1-3H3. The van der Waals surface area contributed by atoms with Crippen LogP contribution in [-0.4, -0.2) is 26.4 Å². The van der Waals surface area contributed by atoms with E-state index >= 15 is 0 Å². The summed E-state index contributed by atoms with van der Waals surface area (Å²) in [5.74, 6) is 1.01. The van der Waals surface area contributed by atoms with Gasteiger partial charge in [-0.25, -0.2) is 4.39 Å². The highest BCUT2D eigenvalue weighted by Crippen LogP contribution is 2.27. The van der Waals surface area contributed by atoms with Crippen LogP contribution in [0.2, 0.25) is 0 Å². The molecule has 4 heteroatoms. The van der Waals surface area contributed by atoms with Crippen molar-refractivity contribution in [3.8, 4) is 5.75 Å². The van der Waals surface area contributed by atoms with E-state index in [9.17, 15) is 4.39 Å². The Balaban J connectivity index is 2.06. The molecule has 0 aromatic heterocycles. The molecule has 0 bridgehead atoms. The van der Waals surface area contributed by atoms with Gasteiger partial charge in [0.15, 0.2) is 0 Å². The molecule has 0 aliphatic carbocycles.